The van der Waals surface area contributed by atoms with Crippen LogP contribution in [-0.4, -0.2) is 39.4 Å². The van der Waals surface area contributed by atoms with E-state index >= 15 is 0 Å². The van der Waals surface area contributed by atoms with Crippen molar-refractivity contribution in [3.05, 3.63) is 29.8 Å². The maximum atomic E-state index is 5.67. The minimum absolute atomic E-state index is 0.169. The number of hydrogen-bond acceptors (Lipinski definition) is 4. The first-order chi connectivity index (χ1) is 8.57. The van der Waals surface area contributed by atoms with Gasteiger partial charge in [-0.25, -0.2) is 4.99 Å². The summed E-state index contributed by atoms with van der Waals surface area (Å²) in [6.07, 6.45) is 0. The zero-order valence-electron chi connectivity index (χ0n) is 11.3. The lowest BCUT2D eigenvalue weighted by atomic mass is 9.76. The topological polar surface area (TPSA) is 40.0 Å². The molecule has 0 atom stereocenters. The number of hydrogen-bond donors (Lipinski definition) is 0. The minimum Gasteiger partial charge on any atom is -0.475 e. The summed E-state index contributed by atoms with van der Waals surface area (Å²) in [5.41, 5.74) is 1.69. The lowest BCUT2D eigenvalue weighted by Crippen LogP contribution is -2.38. The van der Waals surface area contributed by atoms with Crippen LogP contribution < -0.4 is 5.46 Å². The van der Waals surface area contributed by atoms with Crippen LogP contribution in [0.2, 0.25) is 0 Å². The maximum absolute atomic E-state index is 5.67. The molecule has 1 aromatic rings. The van der Waals surface area contributed by atoms with Gasteiger partial charge in [0.1, 0.15) is 6.61 Å². The van der Waals surface area contributed by atoms with Gasteiger partial charge in [-0.2, -0.15) is 0 Å². The fraction of sp³-hybridized carbons (Fsp3) is 0.462. The molecule has 0 N–H and O–H groups in total. The first-order valence-corrected chi connectivity index (χ1v) is 5.95. The van der Waals surface area contributed by atoms with E-state index in [2.05, 4.69) is 4.99 Å². The van der Waals surface area contributed by atoms with E-state index in [-0.39, 0.29) is 5.54 Å². The molecule has 4 nitrogen and oxygen atoms in total. The van der Waals surface area contributed by atoms with E-state index in [0.29, 0.717) is 12.5 Å². The van der Waals surface area contributed by atoms with Crippen LogP contribution in [-0.2, 0) is 14.0 Å². The van der Waals surface area contributed by atoms with Crippen LogP contribution in [0.5, 0.6) is 0 Å². The molecular formula is C13H18BNO3. The summed E-state index contributed by atoms with van der Waals surface area (Å²) in [6, 6.07) is 7.84. The molecule has 0 fully saturated rings. The van der Waals surface area contributed by atoms with E-state index in [1.165, 1.54) is 0 Å². The molecule has 1 aliphatic heterocycles. The van der Waals surface area contributed by atoms with E-state index in [1.54, 1.807) is 14.2 Å². The Morgan fingerprint density at radius 1 is 1.22 bits per heavy atom. The third kappa shape index (κ3) is 2.57. The van der Waals surface area contributed by atoms with Crippen molar-refractivity contribution >= 4 is 18.5 Å². The fourth-order valence-electron chi connectivity index (χ4n) is 1.97. The molecule has 1 aliphatic rings. The van der Waals surface area contributed by atoms with Gasteiger partial charge in [0.15, 0.2) is 0 Å². The predicted octanol–water partition coefficient (Wildman–Crippen LogP) is 1.23. The zero-order valence-corrected chi connectivity index (χ0v) is 11.3. The predicted molar refractivity (Wildman–Crippen MR) is 72.4 cm³/mol. The molecule has 1 aromatic carbocycles. The van der Waals surface area contributed by atoms with Crippen molar-refractivity contribution in [1.82, 2.24) is 0 Å². The Hall–Kier alpha value is -1.33. The highest BCUT2D eigenvalue weighted by atomic mass is 16.6. The Kier molecular flexibility index (Phi) is 3.73. The van der Waals surface area contributed by atoms with Crippen LogP contribution in [0.4, 0.5) is 0 Å². The van der Waals surface area contributed by atoms with E-state index in [9.17, 15) is 0 Å². The number of nitrogens with zero attached hydrogens (tertiary/aromatic N) is 1. The third-order valence-electron chi connectivity index (χ3n) is 2.84. The summed E-state index contributed by atoms with van der Waals surface area (Å²) >= 11 is 0. The van der Waals surface area contributed by atoms with Gasteiger partial charge in [-0.1, -0.05) is 18.2 Å². The number of benzene rings is 1. The molecule has 2 rings (SSSR count). The summed E-state index contributed by atoms with van der Waals surface area (Å²) in [7, 11) is 2.83. The average molecular weight is 247 g/mol. The molecule has 5 heteroatoms. The van der Waals surface area contributed by atoms with Crippen molar-refractivity contribution in [3.63, 3.8) is 0 Å². The lowest BCUT2D eigenvalue weighted by molar-refractivity contribution is 0.279. The third-order valence-corrected chi connectivity index (χ3v) is 2.84. The Balaban J connectivity index is 2.40. The van der Waals surface area contributed by atoms with Crippen molar-refractivity contribution in [1.29, 1.82) is 0 Å². The van der Waals surface area contributed by atoms with Crippen LogP contribution >= 0.6 is 0 Å². The zero-order chi connectivity index (χ0) is 13.2. The normalized spacial score (nSPS) is 17.2. The van der Waals surface area contributed by atoms with Crippen LogP contribution in [0, 0.1) is 0 Å². The van der Waals surface area contributed by atoms with Crippen LogP contribution in [0.1, 0.15) is 19.4 Å². The van der Waals surface area contributed by atoms with Crippen molar-refractivity contribution in [2.24, 2.45) is 4.99 Å². The van der Waals surface area contributed by atoms with Gasteiger partial charge in [0.2, 0.25) is 5.90 Å². The van der Waals surface area contributed by atoms with Crippen LogP contribution in [0.3, 0.4) is 0 Å². The van der Waals surface area contributed by atoms with Gasteiger partial charge in [-0.15, -0.1) is 0 Å². The molecular weight excluding hydrogens is 229 g/mol. The first kappa shape index (κ1) is 13.1. The Bertz CT molecular complexity index is 455. The summed E-state index contributed by atoms with van der Waals surface area (Å²) < 4.78 is 16.3. The number of rotatable bonds is 4. The van der Waals surface area contributed by atoms with Crippen molar-refractivity contribution < 1.29 is 14.0 Å². The van der Waals surface area contributed by atoms with E-state index in [0.717, 1.165) is 11.0 Å². The highest BCUT2D eigenvalue weighted by Crippen LogP contribution is 2.20. The molecule has 0 saturated heterocycles. The Morgan fingerprint density at radius 3 is 2.44 bits per heavy atom. The summed E-state index contributed by atoms with van der Waals surface area (Å²) in [5, 5.41) is 0. The quantitative estimate of drug-likeness (QED) is 0.751. The van der Waals surface area contributed by atoms with Crippen molar-refractivity contribution in [3.8, 4) is 0 Å². The SMILES string of the molecule is COB(OC)c1ccccc1C1=NC(C)(C)CO1. The van der Waals surface area contributed by atoms with E-state index < -0.39 is 7.12 Å². The second-order valence-electron chi connectivity index (χ2n) is 4.91. The fourth-order valence-corrected chi connectivity index (χ4v) is 1.97. The van der Waals surface area contributed by atoms with Gasteiger partial charge in [0.05, 0.1) is 5.54 Å². The molecule has 0 radical (unpaired) electrons. The highest BCUT2D eigenvalue weighted by Gasteiger charge is 2.31. The number of aliphatic imine (C=N–C) groups is 1. The molecule has 0 unspecified atom stereocenters. The largest absolute Gasteiger partial charge is 0.494 e. The van der Waals surface area contributed by atoms with Crippen LogP contribution in [0.25, 0.3) is 0 Å². The van der Waals surface area contributed by atoms with E-state index in [1.807, 2.05) is 38.1 Å². The van der Waals surface area contributed by atoms with Gasteiger partial charge >= 0.3 is 7.12 Å². The molecule has 0 saturated carbocycles. The summed E-state index contributed by atoms with van der Waals surface area (Å²) in [6.45, 7) is 4.70. The molecule has 0 aliphatic carbocycles. The Labute approximate surface area is 108 Å². The molecule has 0 amide bonds. The van der Waals surface area contributed by atoms with E-state index in [4.69, 9.17) is 14.0 Å². The number of ether oxygens (including phenoxy) is 1. The van der Waals surface area contributed by atoms with Crippen LogP contribution in [0.15, 0.2) is 29.3 Å². The lowest BCUT2D eigenvalue weighted by Gasteiger charge is -2.13. The van der Waals surface area contributed by atoms with Gasteiger partial charge < -0.3 is 14.0 Å². The summed E-state index contributed by atoms with van der Waals surface area (Å²) in [5.74, 6) is 0.662. The van der Waals surface area contributed by atoms with Gasteiger partial charge in [0.25, 0.3) is 0 Å². The smallest absolute Gasteiger partial charge is 0.475 e. The molecule has 0 bridgehead atoms. The van der Waals surface area contributed by atoms with Crippen molar-refractivity contribution in [2.75, 3.05) is 20.8 Å². The molecule has 96 valence electrons. The van der Waals surface area contributed by atoms with Gasteiger partial charge in [0, 0.05) is 19.8 Å². The maximum Gasteiger partial charge on any atom is 0.494 e. The molecule has 0 spiro atoms. The highest BCUT2D eigenvalue weighted by molar-refractivity contribution is 6.62. The molecule has 1 heterocycles. The second-order valence-corrected chi connectivity index (χ2v) is 4.91. The summed E-state index contributed by atoms with van der Waals surface area (Å²) in [4.78, 5) is 4.59. The minimum atomic E-state index is -0.406. The Morgan fingerprint density at radius 2 is 1.89 bits per heavy atom. The van der Waals surface area contributed by atoms with Crippen molar-refractivity contribution in [2.45, 2.75) is 19.4 Å². The monoisotopic (exact) mass is 247 g/mol. The molecule has 0 aromatic heterocycles. The van der Waals surface area contributed by atoms with Gasteiger partial charge in [-0.3, -0.25) is 0 Å². The first-order valence-electron chi connectivity index (χ1n) is 5.95. The second kappa shape index (κ2) is 5.12. The average Bonchev–Trinajstić information content (AvgIpc) is 2.72. The standard InChI is InChI=1S/C13H18BNO3/c1-13(2)9-18-12(15-13)10-7-5-6-8-11(10)14(16-3)17-4/h5-8H,9H2,1-4H3. The molecule has 18 heavy (non-hydrogen) atoms. The van der Waals surface area contributed by atoms with Gasteiger partial charge in [-0.05, 0) is 25.4 Å².